The van der Waals surface area contributed by atoms with Crippen molar-refractivity contribution in [3.8, 4) is 0 Å². The molecular weight excluding hydrogens is 261 g/mol. The highest BCUT2D eigenvalue weighted by molar-refractivity contribution is 5.48. The van der Waals surface area contributed by atoms with Crippen LogP contribution in [0.4, 0.5) is 19.0 Å². The molecule has 1 unspecified atom stereocenters. The third kappa shape index (κ3) is 3.36. The number of hydrogen-bond donors (Lipinski definition) is 1. The number of nitrogens with zero attached hydrogens (tertiary/aromatic N) is 2. The molecule has 0 aliphatic carbocycles. The van der Waals surface area contributed by atoms with Crippen molar-refractivity contribution in [3.05, 3.63) is 23.9 Å². The van der Waals surface area contributed by atoms with E-state index in [1.54, 1.807) is 0 Å². The lowest BCUT2D eigenvalue weighted by molar-refractivity contribution is -0.137. The van der Waals surface area contributed by atoms with Crippen LogP contribution in [-0.4, -0.2) is 43.0 Å². The zero-order chi connectivity index (χ0) is 13.9. The molecule has 1 aliphatic heterocycles. The maximum Gasteiger partial charge on any atom is 0.419 e. The van der Waals surface area contributed by atoms with Gasteiger partial charge in [0.05, 0.1) is 18.8 Å². The number of alkyl halides is 3. The summed E-state index contributed by atoms with van der Waals surface area (Å²) in [4.78, 5) is 5.37. The predicted octanol–water partition coefficient (Wildman–Crippen LogP) is 1.55. The Morgan fingerprint density at radius 3 is 2.95 bits per heavy atom. The molecule has 1 fully saturated rings. The summed E-state index contributed by atoms with van der Waals surface area (Å²) in [5, 5.41) is 9.16. The minimum absolute atomic E-state index is 0.0982. The number of anilines is 1. The van der Waals surface area contributed by atoms with Crippen molar-refractivity contribution in [2.75, 3.05) is 37.8 Å². The van der Waals surface area contributed by atoms with Gasteiger partial charge in [-0.1, -0.05) is 0 Å². The molecule has 4 nitrogen and oxygen atoms in total. The van der Waals surface area contributed by atoms with Gasteiger partial charge in [-0.15, -0.1) is 0 Å². The molecule has 1 saturated heterocycles. The summed E-state index contributed by atoms with van der Waals surface area (Å²) >= 11 is 0. The summed E-state index contributed by atoms with van der Waals surface area (Å²) in [6.07, 6.45) is -3.10. The van der Waals surface area contributed by atoms with Gasteiger partial charge in [0.2, 0.25) is 0 Å². The highest BCUT2D eigenvalue weighted by Gasteiger charge is 2.36. The maximum absolute atomic E-state index is 12.9. The first-order valence-corrected chi connectivity index (χ1v) is 5.98. The van der Waals surface area contributed by atoms with Crippen LogP contribution in [0.3, 0.4) is 0 Å². The first-order valence-electron chi connectivity index (χ1n) is 5.98. The van der Waals surface area contributed by atoms with Gasteiger partial charge in [0.1, 0.15) is 5.82 Å². The summed E-state index contributed by atoms with van der Waals surface area (Å²) in [5.41, 5.74) is -0.756. The fourth-order valence-electron chi connectivity index (χ4n) is 2.05. The number of aliphatic hydroxyl groups excluding tert-OH is 1. The van der Waals surface area contributed by atoms with Gasteiger partial charge >= 0.3 is 6.18 Å². The number of pyridine rings is 1. The van der Waals surface area contributed by atoms with Crippen molar-refractivity contribution in [2.24, 2.45) is 5.92 Å². The second-order valence-corrected chi connectivity index (χ2v) is 4.44. The maximum atomic E-state index is 12.9. The zero-order valence-corrected chi connectivity index (χ0v) is 10.2. The van der Waals surface area contributed by atoms with Crippen LogP contribution >= 0.6 is 0 Å². The van der Waals surface area contributed by atoms with Crippen molar-refractivity contribution in [1.29, 1.82) is 0 Å². The molecule has 1 aromatic rings. The second kappa shape index (κ2) is 5.75. The number of halogens is 3. The van der Waals surface area contributed by atoms with E-state index in [1.165, 1.54) is 17.2 Å². The summed E-state index contributed by atoms with van der Waals surface area (Å²) in [6.45, 7) is 1.18. The monoisotopic (exact) mass is 276 g/mol. The molecular formula is C12H15F3N2O2. The average Bonchev–Trinajstić information content (AvgIpc) is 2.63. The van der Waals surface area contributed by atoms with E-state index in [0.29, 0.717) is 26.3 Å². The van der Waals surface area contributed by atoms with E-state index in [1.807, 2.05) is 0 Å². The van der Waals surface area contributed by atoms with Gasteiger partial charge in [0, 0.05) is 31.8 Å². The number of aromatic nitrogens is 1. The number of aliphatic hydroxyl groups is 1. The van der Waals surface area contributed by atoms with Crippen molar-refractivity contribution in [3.63, 3.8) is 0 Å². The third-order valence-electron chi connectivity index (χ3n) is 2.99. The molecule has 1 N–H and O–H groups in total. The number of ether oxygens (including phenoxy) is 1. The van der Waals surface area contributed by atoms with Crippen LogP contribution < -0.4 is 4.90 Å². The van der Waals surface area contributed by atoms with E-state index >= 15 is 0 Å². The molecule has 106 valence electrons. The fraction of sp³-hybridized carbons (Fsp3) is 0.583. The van der Waals surface area contributed by atoms with Gasteiger partial charge < -0.3 is 14.7 Å². The minimum Gasteiger partial charge on any atom is -0.396 e. The summed E-state index contributed by atoms with van der Waals surface area (Å²) in [5.74, 6) is -0.301. The lowest BCUT2D eigenvalue weighted by Gasteiger charge is -2.26. The largest absolute Gasteiger partial charge is 0.419 e. The molecule has 7 heteroatoms. The predicted molar refractivity (Wildman–Crippen MR) is 62.8 cm³/mol. The Hall–Kier alpha value is -1.34. The SMILES string of the molecule is OCC1COCCN(c2ncccc2C(F)(F)F)C1. The van der Waals surface area contributed by atoms with Crippen LogP contribution in [-0.2, 0) is 10.9 Å². The Kier molecular flexibility index (Phi) is 4.26. The lowest BCUT2D eigenvalue weighted by atomic mass is 10.1. The quantitative estimate of drug-likeness (QED) is 0.890. The van der Waals surface area contributed by atoms with Crippen LogP contribution in [0.25, 0.3) is 0 Å². The normalized spacial score (nSPS) is 21.3. The van der Waals surface area contributed by atoms with E-state index in [0.717, 1.165) is 6.07 Å². The Bertz CT molecular complexity index is 426. The molecule has 0 spiro atoms. The fourth-order valence-corrected chi connectivity index (χ4v) is 2.05. The minimum atomic E-state index is -4.44. The first kappa shape index (κ1) is 14.1. The molecule has 2 heterocycles. The lowest BCUT2D eigenvalue weighted by Crippen LogP contribution is -2.33. The van der Waals surface area contributed by atoms with Gasteiger partial charge in [-0.25, -0.2) is 4.98 Å². The molecule has 1 aromatic heterocycles. The van der Waals surface area contributed by atoms with E-state index in [9.17, 15) is 13.2 Å². The average molecular weight is 276 g/mol. The summed E-state index contributed by atoms with van der Waals surface area (Å²) in [7, 11) is 0. The number of hydrogen-bond acceptors (Lipinski definition) is 4. The van der Waals surface area contributed by atoms with Crippen LogP contribution in [0, 0.1) is 5.92 Å². The first-order chi connectivity index (χ1) is 9.02. The van der Waals surface area contributed by atoms with Crippen molar-refractivity contribution in [1.82, 2.24) is 4.98 Å². The van der Waals surface area contributed by atoms with E-state index in [-0.39, 0.29) is 18.3 Å². The Labute approximate surface area is 108 Å². The van der Waals surface area contributed by atoms with Gasteiger partial charge in [-0.3, -0.25) is 0 Å². The molecule has 19 heavy (non-hydrogen) atoms. The van der Waals surface area contributed by atoms with Crippen molar-refractivity contribution >= 4 is 5.82 Å². The van der Waals surface area contributed by atoms with Crippen LogP contribution in [0.15, 0.2) is 18.3 Å². The van der Waals surface area contributed by atoms with E-state index in [2.05, 4.69) is 4.98 Å². The summed E-state index contributed by atoms with van der Waals surface area (Å²) < 4.78 is 44.1. The third-order valence-corrected chi connectivity index (χ3v) is 2.99. The molecule has 0 bridgehead atoms. The van der Waals surface area contributed by atoms with Crippen LogP contribution in [0.2, 0.25) is 0 Å². The zero-order valence-electron chi connectivity index (χ0n) is 10.2. The molecule has 1 aliphatic rings. The highest BCUT2D eigenvalue weighted by Crippen LogP contribution is 2.35. The second-order valence-electron chi connectivity index (χ2n) is 4.44. The Morgan fingerprint density at radius 1 is 1.47 bits per heavy atom. The van der Waals surface area contributed by atoms with Gasteiger partial charge in [0.15, 0.2) is 0 Å². The van der Waals surface area contributed by atoms with Crippen LogP contribution in [0.1, 0.15) is 5.56 Å². The molecule has 2 rings (SSSR count). The molecule has 0 radical (unpaired) electrons. The van der Waals surface area contributed by atoms with Crippen LogP contribution in [0.5, 0.6) is 0 Å². The van der Waals surface area contributed by atoms with E-state index in [4.69, 9.17) is 9.84 Å². The smallest absolute Gasteiger partial charge is 0.396 e. The van der Waals surface area contributed by atoms with Gasteiger partial charge in [0.25, 0.3) is 0 Å². The van der Waals surface area contributed by atoms with E-state index < -0.39 is 11.7 Å². The standard InChI is InChI=1S/C12H15F3N2O2/c13-12(14,15)10-2-1-3-16-11(10)17-4-5-19-8-9(6-17)7-18/h1-3,9,18H,4-8H2. The molecule has 1 atom stereocenters. The van der Waals surface area contributed by atoms with Crippen molar-refractivity contribution in [2.45, 2.75) is 6.18 Å². The molecule has 0 amide bonds. The molecule has 0 aromatic carbocycles. The van der Waals surface area contributed by atoms with Crippen molar-refractivity contribution < 1.29 is 23.0 Å². The Balaban J connectivity index is 2.29. The number of rotatable bonds is 2. The van der Waals surface area contributed by atoms with Gasteiger partial charge in [-0.05, 0) is 12.1 Å². The summed E-state index contributed by atoms with van der Waals surface area (Å²) in [6, 6.07) is 2.28. The van der Waals surface area contributed by atoms with Gasteiger partial charge in [-0.2, -0.15) is 13.2 Å². The Morgan fingerprint density at radius 2 is 2.26 bits per heavy atom. The molecule has 0 saturated carbocycles. The highest BCUT2D eigenvalue weighted by atomic mass is 19.4. The topological polar surface area (TPSA) is 45.6 Å².